The van der Waals surface area contributed by atoms with Gasteiger partial charge in [0.2, 0.25) is 10.1 Å². The lowest BCUT2D eigenvalue weighted by Crippen LogP contribution is -2.12. The molecule has 0 fully saturated rings. The molecular weight excluding hydrogens is 396 g/mol. The number of anilines is 1. The molecule has 8 heteroatoms. The fraction of sp³-hybridized carbons (Fsp3) is 0.0909. The van der Waals surface area contributed by atoms with Crippen molar-refractivity contribution in [2.45, 2.75) is 13.1 Å². The molecule has 5 aromatic rings. The molecule has 3 aromatic heterocycles. The molecule has 0 aliphatic carbocycles. The summed E-state index contributed by atoms with van der Waals surface area (Å²) in [7, 11) is 0. The fourth-order valence-electron chi connectivity index (χ4n) is 3.32. The van der Waals surface area contributed by atoms with Crippen LogP contribution in [-0.4, -0.2) is 24.1 Å². The molecule has 0 bridgehead atoms. The average molecular weight is 414 g/mol. The topological polar surface area (TPSA) is 77.1 Å². The minimum absolute atomic E-state index is 0.180. The van der Waals surface area contributed by atoms with Gasteiger partial charge in [-0.15, -0.1) is 5.10 Å². The van der Waals surface area contributed by atoms with Gasteiger partial charge in [0.25, 0.3) is 5.56 Å². The Bertz CT molecular complexity index is 1340. The van der Waals surface area contributed by atoms with Crippen molar-refractivity contribution in [1.82, 2.24) is 24.1 Å². The van der Waals surface area contributed by atoms with E-state index in [-0.39, 0.29) is 5.56 Å². The Kier molecular flexibility index (Phi) is 4.82. The van der Waals surface area contributed by atoms with Gasteiger partial charge < -0.3 is 9.88 Å². The van der Waals surface area contributed by atoms with E-state index in [2.05, 4.69) is 56.8 Å². The number of aromatic nitrogens is 5. The highest BCUT2D eigenvalue weighted by atomic mass is 32.1. The number of hydrogen-bond acceptors (Lipinski definition) is 6. The molecule has 0 unspecified atom stereocenters. The highest BCUT2D eigenvalue weighted by Gasteiger charge is 2.08. The lowest BCUT2D eigenvalue weighted by atomic mass is 9.98. The third-order valence-corrected chi connectivity index (χ3v) is 5.69. The molecule has 0 saturated heterocycles. The van der Waals surface area contributed by atoms with Gasteiger partial charge in [-0.1, -0.05) is 59.9 Å². The fourth-order valence-corrected chi connectivity index (χ4v) is 4.09. The van der Waals surface area contributed by atoms with Crippen LogP contribution in [0.5, 0.6) is 0 Å². The van der Waals surface area contributed by atoms with Crippen LogP contribution in [0.25, 0.3) is 16.1 Å². The van der Waals surface area contributed by atoms with Crippen LogP contribution in [0.4, 0.5) is 5.13 Å². The second kappa shape index (κ2) is 7.92. The molecule has 2 aromatic carbocycles. The number of imidazole rings is 1. The van der Waals surface area contributed by atoms with Gasteiger partial charge in [-0.2, -0.15) is 4.52 Å². The standard InChI is InChI=1S/C22H18N6OS/c29-20-9-10-24-22-28(20)26-21(30-22)25-13-18-3-1-2-4-19(18)17-7-5-16(6-8-17)14-27-12-11-23-15-27/h1-12,15H,13-14H2,(H,25,26). The van der Waals surface area contributed by atoms with Crippen LogP contribution >= 0.6 is 11.3 Å². The molecule has 0 saturated carbocycles. The second-order valence-electron chi connectivity index (χ2n) is 6.83. The number of hydrogen-bond donors (Lipinski definition) is 1. The Labute approximate surface area is 176 Å². The zero-order valence-corrected chi connectivity index (χ0v) is 16.8. The first-order valence-electron chi connectivity index (χ1n) is 9.48. The normalized spacial score (nSPS) is 11.1. The SMILES string of the molecule is O=c1ccnc2sc(NCc3ccccc3-c3ccc(Cn4ccnc4)cc3)nn12. The molecule has 7 nitrogen and oxygen atoms in total. The van der Waals surface area contributed by atoms with Gasteiger partial charge in [-0.3, -0.25) is 4.79 Å². The van der Waals surface area contributed by atoms with E-state index in [1.54, 1.807) is 6.20 Å². The van der Waals surface area contributed by atoms with Gasteiger partial charge in [-0.05, 0) is 22.3 Å². The molecule has 0 atom stereocenters. The van der Waals surface area contributed by atoms with Crippen molar-refractivity contribution in [3.63, 3.8) is 0 Å². The number of benzene rings is 2. The molecule has 0 aliphatic heterocycles. The van der Waals surface area contributed by atoms with Crippen molar-refractivity contribution in [3.05, 3.63) is 101 Å². The maximum Gasteiger partial charge on any atom is 0.275 e. The van der Waals surface area contributed by atoms with Gasteiger partial charge in [0.1, 0.15) is 0 Å². The zero-order chi connectivity index (χ0) is 20.3. The first-order valence-corrected chi connectivity index (χ1v) is 10.3. The van der Waals surface area contributed by atoms with E-state index in [0.717, 1.165) is 23.2 Å². The summed E-state index contributed by atoms with van der Waals surface area (Å²) in [5.74, 6) is 0. The molecule has 3 heterocycles. The summed E-state index contributed by atoms with van der Waals surface area (Å²) in [6, 6.07) is 18.3. The van der Waals surface area contributed by atoms with Gasteiger partial charge in [-0.25, -0.2) is 9.97 Å². The third-order valence-electron chi connectivity index (χ3n) is 4.81. The third kappa shape index (κ3) is 3.72. The minimum Gasteiger partial charge on any atom is -0.356 e. The summed E-state index contributed by atoms with van der Waals surface area (Å²) in [6.45, 7) is 1.40. The van der Waals surface area contributed by atoms with Crippen LogP contribution in [0.2, 0.25) is 0 Å². The molecule has 1 N–H and O–H groups in total. The maximum atomic E-state index is 11.9. The quantitative estimate of drug-likeness (QED) is 0.459. The molecule has 0 amide bonds. The largest absolute Gasteiger partial charge is 0.356 e. The van der Waals surface area contributed by atoms with Crippen molar-refractivity contribution in [2.75, 3.05) is 5.32 Å². The van der Waals surface area contributed by atoms with Crippen LogP contribution in [0.3, 0.4) is 0 Å². The van der Waals surface area contributed by atoms with E-state index in [0.29, 0.717) is 16.6 Å². The van der Waals surface area contributed by atoms with E-state index < -0.39 is 0 Å². The zero-order valence-electron chi connectivity index (χ0n) is 16.0. The average Bonchev–Trinajstić information content (AvgIpc) is 3.43. The molecular formula is C22H18N6OS. The summed E-state index contributed by atoms with van der Waals surface area (Å²) in [4.78, 5) is 20.7. The van der Waals surface area contributed by atoms with Gasteiger partial charge in [0, 0.05) is 37.7 Å². The Hall–Kier alpha value is -3.78. The van der Waals surface area contributed by atoms with Gasteiger partial charge in [0.05, 0.1) is 6.33 Å². The van der Waals surface area contributed by atoms with E-state index >= 15 is 0 Å². The van der Waals surface area contributed by atoms with E-state index in [4.69, 9.17) is 0 Å². The van der Waals surface area contributed by atoms with Crippen molar-refractivity contribution in [2.24, 2.45) is 0 Å². The van der Waals surface area contributed by atoms with Crippen molar-refractivity contribution in [1.29, 1.82) is 0 Å². The number of nitrogens with zero attached hydrogens (tertiary/aromatic N) is 5. The van der Waals surface area contributed by atoms with E-state index in [1.165, 1.54) is 33.7 Å². The molecule has 30 heavy (non-hydrogen) atoms. The van der Waals surface area contributed by atoms with Crippen LogP contribution in [-0.2, 0) is 13.1 Å². The highest BCUT2D eigenvalue weighted by Crippen LogP contribution is 2.26. The highest BCUT2D eigenvalue weighted by molar-refractivity contribution is 7.20. The predicted molar refractivity (Wildman–Crippen MR) is 118 cm³/mol. The van der Waals surface area contributed by atoms with Crippen molar-refractivity contribution < 1.29 is 0 Å². The van der Waals surface area contributed by atoms with E-state index in [9.17, 15) is 4.79 Å². The Balaban J connectivity index is 1.36. The monoisotopic (exact) mass is 414 g/mol. The summed E-state index contributed by atoms with van der Waals surface area (Å²) >= 11 is 1.36. The van der Waals surface area contributed by atoms with Gasteiger partial charge >= 0.3 is 0 Å². The summed E-state index contributed by atoms with van der Waals surface area (Å²) in [6.07, 6.45) is 7.07. The maximum absolute atomic E-state index is 11.9. The summed E-state index contributed by atoms with van der Waals surface area (Å²) in [5.41, 5.74) is 4.51. The van der Waals surface area contributed by atoms with Crippen LogP contribution < -0.4 is 10.9 Å². The van der Waals surface area contributed by atoms with E-state index in [1.807, 2.05) is 29.2 Å². The van der Waals surface area contributed by atoms with Crippen LogP contribution in [0, 0.1) is 0 Å². The molecule has 5 rings (SSSR count). The minimum atomic E-state index is -0.180. The summed E-state index contributed by atoms with van der Waals surface area (Å²) in [5, 5.41) is 8.31. The van der Waals surface area contributed by atoms with Crippen LogP contribution in [0.15, 0.2) is 84.3 Å². The molecule has 0 aliphatic rings. The molecule has 148 valence electrons. The Morgan fingerprint density at radius 3 is 2.67 bits per heavy atom. The Morgan fingerprint density at radius 1 is 1.00 bits per heavy atom. The first-order chi connectivity index (χ1) is 14.8. The van der Waals surface area contributed by atoms with Gasteiger partial charge in [0.15, 0.2) is 0 Å². The van der Waals surface area contributed by atoms with Crippen molar-refractivity contribution >= 4 is 21.4 Å². The first kappa shape index (κ1) is 18.3. The van der Waals surface area contributed by atoms with Crippen molar-refractivity contribution in [3.8, 4) is 11.1 Å². The number of fused-ring (bicyclic) bond motifs is 1. The smallest absolute Gasteiger partial charge is 0.275 e. The van der Waals surface area contributed by atoms with Crippen LogP contribution in [0.1, 0.15) is 11.1 Å². The summed E-state index contributed by atoms with van der Waals surface area (Å²) < 4.78 is 3.36. The lowest BCUT2D eigenvalue weighted by Gasteiger charge is -2.11. The predicted octanol–water partition coefficient (Wildman–Crippen LogP) is 3.67. The molecule has 0 spiro atoms. The number of rotatable bonds is 6. The Morgan fingerprint density at radius 2 is 1.87 bits per heavy atom. The number of nitrogens with one attached hydrogen (secondary N) is 1. The molecule has 0 radical (unpaired) electrons. The lowest BCUT2D eigenvalue weighted by molar-refractivity contribution is 0.797. The second-order valence-corrected chi connectivity index (χ2v) is 7.78.